The third kappa shape index (κ3) is 1.37. The SMILES string of the molecule is CC1CC1C(O)c1ccc2c3c(cccc13)CC2. The van der Waals surface area contributed by atoms with E-state index in [2.05, 4.69) is 37.3 Å². The smallest absolute Gasteiger partial charge is 0.0826 e. The maximum atomic E-state index is 10.5. The Balaban J connectivity index is 1.92. The van der Waals surface area contributed by atoms with Gasteiger partial charge in [0.25, 0.3) is 0 Å². The second-order valence-electron chi connectivity index (χ2n) is 5.98. The lowest BCUT2D eigenvalue weighted by Gasteiger charge is -2.14. The van der Waals surface area contributed by atoms with Gasteiger partial charge in [0.1, 0.15) is 0 Å². The van der Waals surface area contributed by atoms with E-state index in [9.17, 15) is 5.11 Å². The minimum Gasteiger partial charge on any atom is -0.388 e. The molecule has 1 heteroatoms. The molecule has 0 bridgehead atoms. The van der Waals surface area contributed by atoms with Gasteiger partial charge in [0.15, 0.2) is 0 Å². The molecule has 0 heterocycles. The molecular weight excluding hydrogens is 220 g/mol. The van der Waals surface area contributed by atoms with Gasteiger partial charge in [-0.3, -0.25) is 0 Å². The van der Waals surface area contributed by atoms with Crippen molar-refractivity contribution in [1.29, 1.82) is 0 Å². The maximum Gasteiger partial charge on any atom is 0.0826 e. The number of hydrogen-bond acceptors (Lipinski definition) is 1. The molecule has 0 aliphatic heterocycles. The predicted molar refractivity (Wildman–Crippen MR) is 73.6 cm³/mol. The highest BCUT2D eigenvalue weighted by molar-refractivity contribution is 5.93. The molecule has 92 valence electrons. The molecule has 2 aliphatic carbocycles. The van der Waals surface area contributed by atoms with Crippen LogP contribution in [0.4, 0.5) is 0 Å². The first kappa shape index (κ1) is 10.6. The second-order valence-corrected chi connectivity index (χ2v) is 5.98. The number of rotatable bonds is 2. The summed E-state index contributed by atoms with van der Waals surface area (Å²) in [6.07, 6.45) is 3.22. The molecule has 1 fully saturated rings. The minimum atomic E-state index is -0.273. The summed E-state index contributed by atoms with van der Waals surface area (Å²) in [5.41, 5.74) is 4.06. The lowest BCUT2D eigenvalue weighted by molar-refractivity contribution is 0.149. The average Bonchev–Trinajstić information content (AvgIpc) is 2.97. The van der Waals surface area contributed by atoms with Crippen molar-refractivity contribution < 1.29 is 5.11 Å². The standard InChI is InChI=1S/C17H18O/c1-10-9-15(10)17(18)14-8-7-12-6-5-11-3-2-4-13(14)16(11)12/h2-4,7-8,10,15,17-18H,5-6,9H2,1H3. The van der Waals surface area contributed by atoms with E-state index < -0.39 is 0 Å². The van der Waals surface area contributed by atoms with Crippen LogP contribution < -0.4 is 0 Å². The number of aryl methyl sites for hydroxylation is 2. The zero-order valence-electron chi connectivity index (χ0n) is 10.7. The first-order valence-corrected chi connectivity index (χ1v) is 6.97. The van der Waals surface area contributed by atoms with Crippen molar-refractivity contribution in [3.05, 3.63) is 47.0 Å². The summed E-state index contributed by atoms with van der Waals surface area (Å²) in [6.45, 7) is 2.23. The van der Waals surface area contributed by atoms with E-state index in [0.717, 1.165) is 18.4 Å². The van der Waals surface area contributed by atoms with Gasteiger partial charge in [-0.15, -0.1) is 0 Å². The maximum absolute atomic E-state index is 10.5. The summed E-state index contributed by atoms with van der Waals surface area (Å²) in [4.78, 5) is 0. The molecule has 4 rings (SSSR count). The van der Waals surface area contributed by atoms with E-state index in [4.69, 9.17) is 0 Å². The van der Waals surface area contributed by atoms with Gasteiger partial charge in [-0.2, -0.15) is 0 Å². The molecule has 1 nitrogen and oxygen atoms in total. The normalized spacial score (nSPS) is 26.6. The van der Waals surface area contributed by atoms with E-state index in [1.165, 1.54) is 28.3 Å². The lowest BCUT2D eigenvalue weighted by atomic mass is 9.94. The minimum absolute atomic E-state index is 0.273. The topological polar surface area (TPSA) is 20.2 Å². The van der Waals surface area contributed by atoms with Crippen molar-refractivity contribution in [3.63, 3.8) is 0 Å². The molecule has 0 spiro atoms. The van der Waals surface area contributed by atoms with E-state index in [1.54, 1.807) is 0 Å². The Hall–Kier alpha value is -1.34. The fraction of sp³-hybridized carbons (Fsp3) is 0.412. The van der Waals surface area contributed by atoms with Crippen LogP contribution in [-0.4, -0.2) is 5.11 Å². The van der Waals surface area contributed by atoms with Crippen molar-refractivity contribution in [2.75, 3.05) is 0 Å². The monoisotopic (exact) mass is 238 g/mol. The molecule has 3 unspecified atom stereocenters. The molecule has 0 amide bonds. The number of hydrogen-bond donors (Lipinski definition) is 1. The van der Waals surface area contributed by atoms with Gasteiger partial charge in [0.05, 0.1) is 6.10 Å². The van der Waals surface area contributed by atoms with Crippen LogP contribution in [0.15, 0.2) is 30.3 Å². The van der Waals surface area contributed by atoms with Gasteiger partial charge in [-0.25, -0.2) is 0 Å². The first-order valence-electron chi connectivity index (χ1n) is 6.97. The van der Waals surface area contributed by atoms with Gasteiger partial charge < -0.3 is 5.11 Å². The highest BCUT2D eigenvalue weighted by Crippen LogP contribution is 2.48. The Kier molecular flexibility index (Phi) is 2.10. The number of benzene rings is 2. The molecule has 2 aromatic rings. The van der Waals surface area contributed by atoms with E-state index in [-0.39, 0.29) is 6.10 Å². The van der Waals surface area contributed by atoms with Crippen molar-refractivity contribution in [1.82, 2.24) is 0 Å². The van der Waals surface area contributed by atoms with Crippen molar-refractivity contribution >= 4 is 10.8 Å². The van der Waals surface area contributed by atoms with Crippen LogP contribution in [0.25, 0.3) is 10.8 Å². The number of aliphatic hydroxyl groups is 1. The summed E-state index contributed by atoms with van der Waals surface area (Å²) in [6, 6.07) is 10.9. The summed E-state index contributed by atoms with van der Waals surface area (Å²) in [7, 11) is 0. The van der Waals surface area contributed by atoms with Crippen molar-refractivity contribution in [2.45, 2.75) is 32.3 Å². The molecule has 1 N–H and O–H groups in total. The third-order valence-corrected chi connectivity index (χ3v) is 4.81. The van der Waals surface area contributed by atoms with Crippen molar-refractivity contribution in [3.8, 4) is 0 Å². The molecule has 2 aromatic carbocycles. The zero-order chi connectivity index (χ0) is 12.3. The quantitative estimate of drug-likeness (QED) is 0.847. The Morgan fingerprint density at radius 1 is 1.11 bits per heavy atom. The van der Waals surface area contributed by atoms with E-state index >= 15 is 0 Å². The van der Waals surface area contributed by atoms with Gasteiger partial charge in [0, 0.05) is 0 Å². The highest BCUT2D eigenvalue weighted by Gasteiger charge is 2.40. The Morgan fingerprint density at radius 2 is 1.83 bits per heavy atom. The second kappa shape index (κ2) is 3.58. The van der Waals surface area contributed by atoms with Gasteiger partial charge in [0.2, 0.25) is 0 Å². The Morgan fingerprint density at radius 3 is 2.56 bits per heavy atom. The highest BCUT2D eigenvalue weighted by atomic mass is 16.3. The summed E-state index contributed by atoms with van der Waals surface area (Å²) in [5.74, 6) is 1.16. The molecule has 0 aromatic heterocycles. The zero-order valence-corrected chi connectivity index (χ0v) is 10.7. The van der Waals surface area contributed by atoms with Crippen LogP contribution in [0.1, 0.15) is 36.1 Å². The number of aliphatic hydroxyl groups excluding tert-OH is 1. The van der Waals surface area contributed by atoms with Crippen LogP contribution in [0.3, 0.4) is 0 Å². The molecule has 2 aliphatic rings. The Bertz CT molecular complexity index is 619. The van der Waals surface area contributed by atoms with Crippen LogP contribution >= 0.6 is 0 Å². The van der Waals surface area contributed by atoms with Gasteiger partial charge in [-0.05, 0) is 58.6 Å². The molecular formula is C17H18O. The van der Waals surface area contributed by atoms with E-state index in [0.29, 0.717) is 11.8 Å². The van der Waals surface area contributed by atoms with Crippen molar-refractivity contribution in [2.24, 2.45) is 11.8 Å². The first-order chi connectivity index (χ1) is 8.75. The van der Waals surface area contributed by atoms with Crippen LogP contribution in [-0.2, 0) is 12.8 Å². The fourth-order valence-corrected chi connectivity index (χ4v) is 3.55. The van der Waals surface area contributed by atoms with E-state index in [1.807, 2.05) is 0 Å². The van der Waals surface area contributed by atoms with Crippen LogP contribution in [0.2, 0.25) is 0 Å². The molecule has 0 radical (unpaired) electrons. The predicted octanol–water partition coefficient (Wildman–Crippen LogP) is 3.63. The summed E-state index contributed by atoms with van der Waals surface area (Å²) < 4.78 is 0. The molecule has 0 saturated heterocycles. The summed E-state index contributed by atoms with van der Waals surface area (Å²) >= 11 is 0. The molecule has 1 saturated carbocycles. The largest absolute Gasteiger partial charge is 0.388 e. The average molecular weight is 238 g/mol. The fourth-order valence-electron chi connectivity index (χ4n) is 3.55. The molecule has 3 atom stereocenters. The summed E-state index contributed by atoms with van der Waals surface area (Å²) in [5, 5.41) is 13.2. The van der Waals surface area contributed by atoms with Crippen LogP contribution in [0, 0.1) is 11.8 Å². The lowest BCUT2D eigenvalue weighted by Crippen LogP contribution is -2.02. The van der Waals surface area contributed by atoms with Gasteiger partial charge >= 0.3 is 0 Å². The third-order valence-electron chi connectivity index (χ3n) is 4.81. The van der Waals surface area contributed by atoms with Gasteiger partial charge in [-0.1, -0.05) is 37.3 Å². The van der Waals surface area contributed by atoms with Crippen LogP contribution in [0.5, 0.6) is 0 Å². The molecule has 18 heavy (non-hydrogen) atoms. The Labute approximate surface area is 107 Å².